The first-order valence-corrected chi connectivity index (χ1v) is 7.88. The van der Waals surface area contributed by atoms with Gasteiger partial charge in [0.2, 0.25) is 0 Å². The molecule has 2 rings (SSSR count). The number of nitrogens with one attached hydrogen (secondary N) is 1. The summed E-state index contributed by atoms with van der Waals surface area (Å²) in [6.07, 6.45) is 4.69. The maximum Gasteiger partial charge on any atom is 0.288 e. The summed E-state index contributed by atoms with van der Waals surface area (Å²) in [6.45, 7) is -0.227. The molecule has 2 heterocycles. The lowest BCUT2D eigenvalue weighted by atomic mass is 10.3. The van der Waals surface area contributed by atoms with E-state index >= 15 is 0 Å². The Morgan fingerprint density at radius 1 is 1.50 bits per heavy atom. The SMILES string of the molecule is Cn1cnc(-c2cc[n+](CC(=O)NCCS(=O)(=O)O)nc2)n1. The molecule has 0 aromatic carbocycles. The van der Waals surface area contributed by atoms with Crippen LogP contribution in [-0.2, 0) is 28.5 Å². The van der Waals surface area contributed by atoms with Gasteiger partial charge in [0.1, 0.15) is 12.5 Å². The van der Waals surface area contributed by atoms with Crippen LogP contribution in [0.15, 0.2) is 24.8 Å². The first-order chi connectivity index (χ1) is 10.3. The third kappa shape index (κ3) is 4.86. The van der Waals surface area contributed by atoms with Crippen LogP contribution in [0, 0.1) is 0 Å². The molecular formula is C11H15N6O4S+. The van der Waals surface area contributed by atoms with Crippen LogP contribution in [0.5, 0.6) is 0 Å². The molecule has 0 fully saturated rings. The van der Waals surface area contributed by atoms with E-state index < -0.39 is 21.8 Å². The first kappa shape index (κ1) is 16.0. The van der Waals surface area contributed by atoms with Crippen LogP contribution < -0.4 is 10.00 Å². The molecule has 0 spiro atoms. The number of aromatic nitrogens is 5. The van der Waals surface area contributed by atoms with E-state index in [-0.39, 0.29) is 13.1 Å². The van der Waals surface area contributed by atoms with Crippen LogP contribution in [0.25, 0.3) is 11.4 Å². The molecule has 11 heteroatoms. The van der Waals surface area contributed by atoms with E-state index in [9.17, 15) is 13.2 Å². The van der Waals surface area contributed by atoms with Gasteiger partial charge in [-0.2, -0.15) is 13.5 Å². The minimum Gasteiger partial charge on any atom is -0.349 e. The Morgan fingerprint density at radius 2 is 2.27 bits per heavy atom. The highest BCUT2D eigenvalue weighted by Crippen LogP contribution is 2.09. The van der Waals surface area contributed by atoms with E-state index in [1.165, 1.54) is 10.9 Å². The maximum atomic E-state index is 11.6. The van der Waals surface area contributed by atoms with E-state index in [4.69, 9.17) is 4.55 Å². The number of rotatable bonds is 6. The second kappa shape index (κ2) is 6.58. The quantitative estimate of drug-likeness (QED) is 0.471. The summed E-state index contributed by atoms with van der Waals surface area (Å²) in [7, 11) is -2.33. The van der Waals surface area contributed by atoms with Gasteiger partial charge >= 0.3 is 0 Å². The fraction of sp³-hybridized carbons (Fsp3) is 0.364. The molecule has 0 saturated carbocycles. The van der Waals surface area contributed by atoms with Crippen molar-refractivity contribution in [3.63, 3.8) is 0 Å². The Morgan fingerprint density at radius 3 is 2.82 bits per heavy atom. The number of carbonyl (C=O) groups is 1. The second-order valence-electron chi connectivity index (χ2n) is 4.49. The van der Waals surface area contributed by atoms with Gasteiger partial charge in [0.15, 0.2) is 12.0 Å². The van der Waals surface area contributed by atoms with Crippen molar-refractivity contribution in [2.24, 2.45) is 7.05 Å². The molecule has 2 aromatic rings. The highest BCUT2D eigenvalue weighted by Gasteiger charge is 2.13. The zero-order valence-corrected chi connectivity index (χ0v) is 12.6. The lowest BCUT2D eigenvalue weighted by Crippen LogP contribution is -2.46. The monoisotopic (exact) mass is 327 g/mol. The summed E-state index contributed by atoms with van der Waals surface area (Å²) in [4.78, 5) is 15.7. The molecule has 10 nitrogen and oxygen atoms in total. The second-order valence-corrected chi connectivity index (χ2v) is 6.06. The highest BCUT2D eigenvalue weighted by molar-refractivity contribution is 7.85. The molecule has 0 unspecified atom stereocenters. The number of amides is 1. The van der Waals surface area contributed by atoms with Crippen LogP contribution in [-0.4, -0.2) is 51.0 Å². The van der Waals surface area contributed by atoms with E-state index in [1.54, 1.807) is 30.3 Å². The number of hydrogen-bond acceptors (Lipinski definition) is 6. The molecule has 0 aliphatic carbocycles. The Hall–Kier alpha value is -2.40. The van der Waals surface area contributed by atoms with Crippen molar-refractivity contribution >= 4 is 16.0 Å². The van der Waals surface area contributed by atoms with E-state index in [2.05, 4.69) is 20.5 Å². The number of aryl methyl sites for hydroxylation is 1. The van der Waals surface area contributed by atoms with Gasteiger partial charge in [0.25, 0.3) is 22.6 Å². The molecule has 1 amide bonds. The van der Waals surface area contributed by atoms with Crippen LogP contribution in [0.4, 0.5) is 0 Å². The van der Waals surface area contributed by atoms with Gasteiger partial charge in [0, 0.05) is 19.7 Å². The molecule has 0 radical (unpaired) electrons. The fourth-order valence-electron chi connectivity index (χ4n) is 1.60. The highest BCUT2D eigenvalue weighted by atomic mass is 32.2. The van der Waals surface area contributed by atoms with E-state index in [0.29, 0.717) is 11.4 Å². The van der Waals surface area contributed by atoms with Crippen molar-refractivity contribution in [1.29, 1.82) is 0 Å². The first-order valence-electron chi connectivity index (χ1n) is 6.27. The zero-order valence-electron chi connectivity index (χ0n) is 11.7. The number of hydrogen-bond donors (Lipinski definition) is 2. The van der Waals surface area contributed by atoms with Crippen molar-refractivity contribution < 1.29 is 22.4 Å². The van der Waals surface area contributed by atoms with E-state index in [1.807, 2.05) is 0 Å². The van der Waals surface area contributed by atoms with Gasteiger partial charge in [-0.15, -0.1) is 0 Å². The van der Waals surface area contributed by atoms with Gasteiger partial charge in [0.05, 0.1) is 11.3 Å². The molecule has 0 aliphatic heterocycles. The summed E-state index contributed by atoms with van der Waals surface area (Å²) in [6, 6.07) is 1.72. The van der Waals surface area contributed by atoms with Crippen molar-refractivity contribution in [2.45, 2.75) is 6.54 Å². The van der Waals surface area contributed by atoms with Gasteiger partial charge in [-0.05, 0) is 5.10 Å². The topological polar surface area (TPSA) is 131 Å². The average molecular weight is 327 g/mol. The molecule has 0 atom stereocenters. The van der Waals surface area contributed by atoms with Crippen molar-refractivity contribution in [3.8, 4) is 11.4 Å². The lowest BCUT2D eigenvalue weighted by molar-refractivity contribution is -0.742. The smallest absolute Gasteiger partial charge is 0.288 e. The molecule has 0 saturated heterocycles. The normalized spacial score (nSPS) is 11.4. The minimum absolute atomic E-state index is 0.0681. The molecule has 2 N–H and O–H groups in total. The molecular weight excluding hydrogens is 312 g/mol. The van der Waals surface area contributed by atoms with Gasteiger partial charge in [-0.3, -0.25) is 14.0 Å². The van der Waals surface area contributed by atoms with Crippen LogP contribution in [0.3, 0.4) is 0 Å². The standard InChI is InChI=1S/C11H14N6O4S/c1-16-8-13-11(15-16)9-2-4-17(14-6-9)7-10(18)12-3-5-22(19,20)21/h2,4,6,8H,3,5,7H2,1H3,(H-,12,18,19,20,21)/p+1. The Balaban J connectivity index is 1.90. The largest absolute Gasteiger partial charge is 0.349 e. The predicted octanol–water partition coefficient (Wildman–Crippen LogP) is -1.83. The summed E-state index contributed by atoms with van der Waals surface area (Å²) in [5.74, 6) is -0.411. The fourth-order valence-corrected chi connectivity index (χ4v) is 1.96. The molecule has 0 aliphatic rings. The minimum atomic E-state index is -4.08. The third-order valence-corrected chi connectivity index (χ3v) is 3.34. The van der Waals surface area contributed by atoms with Crippen molar-refractivity contribution in [2.75, 3.05) is 12.3 Å². The maximum absolute atomic E-state index is 11.6. The lowest BCUT2D eigenvalue weighted by Gasteiger charge is -2.00. The molecule has 0 bridgehead atoms. The Kier molecular flexibility index (Phi) is 4.78. The van der Waals surface area contributed by atoms with Crippen LogP contribution in [0.2, 0.25) is 0 Å². The molecule has 22 heavy (non-hydrogen) atoms. The molecule has 2 aromatic heterocycles. The summed E-state index contributed by atoms with van der Waals surface area (Å²) >= 11 is 0. The van der Waals surface area contributed by atoms with Crippen LogP contribution >= 0.6 is 0 Å². The van der Waals surface area contributed by atoms with Gasteiger partial charge in [-0.1, -0.05) is 4.68 Å². The van der Waals surface area contributed by atoms with Crippen LogP contribution in [0.1, 0.15) is 0 Å². The van der Waals surface area contributed by atoms with Gasteiger partial charge in [-0.25, -0.2) is 4.98 Å². The number of carbonyl (C=O) groups excluding carboxylic acids is 1. The average Bonchev–Trinajstić information content (AvgIpc) is 2.85. The Bertz CT molecular complexity index is 755. The summed E-state index contributed by atoms with van der Waals surface area (Å²) < 4.78 is 32.5. The molecule has 118 valence electrons. The van der Waals surface area contributed by atoms with Crippen molar-refractivity contribution in [3.05, 3.63) is 24.8 Å². The predicted molar refractivity (Wildman–Crippen MR) is 73.9 cm³/mol. The van der Waals surface area contributed by atoms with E-state index in [0.717, 1.165) is 0 Å². The third-order valence-electron chi connectivity index (χ3n) is 2.62. The summed E-state index contributed by atoms with van der Waals surface area (Å²) in [5.41, 5.74) is 0.712. The Labute approximate surface area is 126 Å². The summed E-state index contributed by atoms with van der Waals surface area (Å²) in [5, 5.41) is 10.6. The van der Waals surface area contributed by atoms with Crippen molar-refractivity contribution in [1.82, 2.24) is 25.2 Å². The van der Waals surface area contributed by atoms with Gasteiger partial charge < -0.3 is 5.32 Å². The zero-order chi connectivity index (χ0) is 16.2. The number of nitrogens with zero attached hydrogens (tertiary/aromatic N) is 5.